The van der Waals surface area contributed by atoms with Gasteiger partial charge in [0.1, 0.15) is 0 Å². The third-order valence-corrected chi connectivity index (χ3v) is 3.61. The van der Waals surface area contributed by atoms with E-state index >= 15 is 0 Å². The number of H-pyrrole nitrogens is 1. The largest absolute Gasteiger partial charge is 0.329 e. The summed E-state index contributed by atoms with van der Waals surface area (Å²) in [7, 11) is 0. The second-order valence-electron chi connectivity index (χ2n) is 3.47. The van der Waals surface area contributed by atoms with Crippen LogP contribution in [0.3, 0.4) is 0 Å². The lowest BCUT2D eigenvalue weighted by molar-refractivity contribution is 0.813. The van der Waals surface area contributed by atoms with Crippen LogP contribution >= 0.6 is 23.6 Å². The molecular formula is C11H9N3S2. The minimum absolute atomic E-state index is 0.724. The first kappa shape index (κ1) is 9.74. The van der Waals surface area contributed by atoms with Gasteiger partial charge in [-0.25, -0.2) is 4.98 Å². The van der Waals surface area contributed by atoms with Gasteiger partial charge in [0.15, 0.2) is 10.4 Å². The highest BCUT2D eigenvalue weighted by molar-refractivity contribution is 7.71. The molecule has 0 spiro atoms. The van der Waals surface area contributed by atoms with Gasteiger partial charge in [0, 0.05) is 11.1 Å². The summed E-state index contributed by atoms with van der Waals surface area (Å²) < 4.78 is 2.75. The molecule has 0 saturated carbocycles. The van der Waals surface area contributed by atoms with Crippen LogP contribution in [0.2, 0.25) is 0 Å². The second-order valence-corrected chi connectivity index (χ2v) is 4.89. The summed E-state index contributed by atoms with van der Waals surface area (Å²) in [5.74, 6) is 0. The zero-order valence-corrected chi connectivity index (χ0v) is 10.0. The Morgan fingerprint density at radius 1 is 1.38 bits per heavy atom. The Kier molecular flexibility index (Phi) is 2.34. The van der Waals surface area contributed by atoms with Crippen molar-refractivity contribution in [3.63, 3.8) is 0 Å². The van der Waals surface area contributed by atoms with Gasteiger partial charge in [-0.2, -0.15) is 0 Å². The molecule has 3 nitrogen and oxygen atoms in total. The first-order chi connectivity index (χ1) is 7.84. The van der Waals surface area contributed by atoms with E-state index in [0.717, 1.165) is 22.5 Å². The van der Waals surface area contributed by atoms with Gasteiger partial charge in [-0.1, -0.05) is 6.07 Å². The normalized spacial score (nSPS) is 11.0. The highest BCUT2D eigenvalue weighted by atomic mass is 32.1. The summed E-state index contributed by atoms with van der Waals surface area (Å²) in [6.07, 6.45) is 1.79. The topological polar surface area (TPSA) is 33.6 Å². The van der Waals surface area contributed by atoms with Crippen LogP contribution in [0.4, 0.5) is 0 Å². The highest BCUT2D eigenvalue weighted by Crippen LogP contribution is 2.15. The average molecular weight is 247 g/mol. The van der Waals surface area contributed by atoms with Crippen molar-refractivity contribution >= 4 is 34.7 Å². The van der Waals surface area contributed by atoms with Crippen molar-refractivity contribution < 1.29 is 0 Å². The Morgan fingerprint density at radius 3 is 3.12 bits per heavy atom. The van der Waals surface area contributed by atoms with E-state index in [0.29, 0.717) is 0 Å². The van der Waals surface area contributed by atoms with Crippen molar-refractivity contribution in [2.45, 2.75) is 6.54 Å². The number of hydrogen-bond acceptors (Lipinski definition) is 3. The molecule has 0 aliphatic heterocycles. The predicted octanol–water partition coefficient (Wildman–Crippen LogP) is 3.20. The van der Waals surface area contributed by atoms with Crippen LogP contribution in [0.15, 0.2) is 35.8 Å². The van der Waals surface area contributed by atoms with E-state index < -0.39 is 0 Å². The summed E-state index contributed by atoms with van der Waals surface area (Å²) in [4.78, 5) is 8.79. The van der Waals surface area contributed by atoms with Gasteiger partial charge >= 0.3 is 0 Å². The molecule has 0 aliphatic carbocycles. The summed E-state index contributed by atoms with van der Waals surface area (Å²) in [6, 6.07) is 8.05. The molecule has 0 radical (unpaired) electrons. The summed E-state index contributed by atoms with van der Waals surface area (Å²) in [5.41, 5.74) is 1.91. The molecule has 0 aromatic carbocycles. The van der Waals surface area contributed by atoms with Crippen molar-refractivity contribution in [1.82, 2.24) is 14.5 Å². The van der Waals surface area contributed by atoms with Gasteiger partial charge in [-0.05, 0) is 35.8 Å². The molecular weight excluding hydrogens is 238 g/mol. The van der Waals surface area contributed by atoms with Crippen LogP contribution in [-0.4, -0.2) is 14.5 Å². The Labute approximate surface area is 101 Å². The molecule has 0 aliphatic rings. The Balaban J connectivity index is 2.16. The molecule has 3 aromatic rings. The van der Waals surface area contributed by atoms with Crippen molar-refractivity contribution in [2.24, 2.45) is 0 Å². The second kappa shape index (κ2) is 3.84. The maximum absolute atomic E-state index is 5.30. The molecule has 3 aromatic heterocycles. The molecule has 5 heteroatoms. The number of thiophene rings is 1. The predicted molar refractivity (Wildman–Crippen MR) is 68.3 cm³/mol. The molecule has 80 valence electrons. The maximum Gasteiger partial charge on any atom is 0.179 e. The first-order valence-electron chi connectivity index (χ1n) is 4.90. The average Bonchev–Trinajstić information content (AvgIpc) is 2.89. The molecule has 0 atom stereocenters. The van der Waals surface area contributed by atoms with E-state index in [-0.39, 0.29) is 0 Å². The quantitative estimate of drug-likeness (QED) is 0.705. The zero-order chi connectivity index (χ0) is 11.0. The highest BCUT2D eigenvalue weighted by Gasteiger charge is 2.05. The number of pyridine rings is 1. The fourth-order valence-electron chi connectivity index (χ4n) is 1.69. The van der Waals surface area contributed by atoms with Crippen LogP contribution in [0.5, 0.6) is 0 Å². The molecule has 0 unspecified atom stereocenters. The third kappa shape index (κ3) is 1.58. The van der Waals surface area contributed by atoms with Crippen LogP contribution in [0, 0.1) is 4.77 Å². The Bertz CT molecular complexity index is 664. The van der Waals surface area contributed by atoms with Gasteiger partial charge in [0.05, 0.1) is 12.1 Å². The standard InChI is InChI=1S/C11H9N3S2/c15-11-13-9-4-1-5-12-10(9)14(11)7-8-3-2-6-16-8/h1-6H,7H2,(H,13,15). The smallest absolute Gasteiger partial charge is 0.179 e. The molecule has 0 fully saturated rings. The number of nitrogens with one attached hydrogen (secondary N) is 1. The van der Waals surface area contributed by atoms with Crippen molar-refractivity contribution in [3.8, 4) is 0 Å². The lowest BCUT2D eigenvalue weighted by Crippen LogP contribution is -1.98. The van der Waals surface area contributed by atoms with Gasteiger partial charge < -0.3 is 4.98 Å². The van der Waals surface area contributed by atoms with E-state index in [1.54, 1.807) is 17.5 Å². The molecule has 0 saturated heterocycles. The van der Waals surface area contributed by atoms with E-state index in [1.807, 2.05) is 22.8 Å². The number of rotatable bonds is 2. The lowest BCUT2D eigenvalue weighted by atomic mass is 10.4. The molecule has 1 N–H and O–H groups in total. The maximum atomic E-state index is 5.30. The van der Waals surface area contributed by atoms with E-state index in [1.165, 1.54) is 4.88 Å². The molecule has 16 heavy (non-hydrogen) atoms. The number of hydrogen-bond donors (Lipinski definition) is 1. The van der Waals surface area contributed by atoms with Gasteiger partial charge in [-0.3, -0.25) is 4.57 Å². The fraction of sp³-hybridized carbons (Fsp3) is 0.0909. The SMILES string of the molecule is S=c1[nH]c2cccnc2n1Cc1cccs1. The summed E-state index contributed by atoms with van der Waals surface area (Å²) in [6.45, 7) is 0.785. The van der Waals surface area contributed by atoms with Crippen molar-refractivity contribution in [1.29, 1.82) is 0 Å². The first-order valence-corrected chi connectivity index (χ1v) is 6.19. The number of aromatic nitrogens is 3. The Morgan fingerprint density at radius 2 is 2.31 bits per heavy atom. The third-order valence-electron chi connectivity index (χ3n) is 2.42. The van der Waals surface area contributed by atoms with Crippen molar-refractivity contribution in [3.05, 3.63) is 45.5 Å². The van der Waals surface area contributed by atoms with Crippen LogP contribution in [0.1, 0.15) is 4.88 Å². The van der Waals surface area contributed by atoms with E-state index in [2.05, 4.69) is 21.4 Å². The molecule has 0 amide bonds. The van der Waals surface area contributed by atoms with E-state index in [9.17, 15) is 0 Å². The molecule has 3 rings (SSSR count). The van der Waals surface area contributed by atoms with Crippen LogP contribution < -0.4 is 0 Å². The monoisotopic (exact) mass is 247 g/mol. The summed E-state index contributed by atoms with van der Waals surface area (Å²) in [5, 5.41) is 2.07. The zero-order valence-electron chi connectivity index (χ0n) is 8.38. The van der Waals surface area contributed by atoms with Gasteiger partial charge in [0.25, 0.3) is 0 Å². The van der Waals surface area contributed by atoms with Gasteiger partial charge in [-0.15, -0.1) is 11.3 Å². The Hall–Kier alpha value is -1.46. The van der Waals surface area contributed by atoms with Gasteiger partial charge in [0.2, 0.25) is 0 Å². The lowest BCUT2D eigenvalue weighted by Gasteiger charge is -2.00. The van der Waals surface area contributed by atoms with E-state index in [4.69, 9.17) is 12.2 Å². The van der Waals surface area contributed by atoms with Crippen molar-refractivity contribution in [2.75, 3.05) is 0 Å². The summed E-state index contributed by atoms with van der Waals surface area (Å²) >= 11 is 7.03. The number of fused-ring (bicyclic) bond motifs is 1. The number of aromatic amines is 1. The molecule has 0 bridgehead atoms. The van der Waals surface area contributed by atoms with Crippen LogP contribution in [-0.2, 0) is 6.54 Å². The number of imidazole rings is 1. The number of nitrogens with zero attached hydrogens (tertiary/aromatic N) is 2. The van der Waals surface area contributed by atoms with Crippen LogP contribution in [0.25, 0.3) is 11.2 Å². The minimum Gasteiger partial charge on any atom is -0.329 e. The minimum atomic E-state index is 0.724. The molecule has 3 heterocycles. The fourth-order valence-corrected chi connectivity index (χ4v) is 2.65.